The highest BCUT2D eigenvalue weighted by molar-refractivity contribution is 5.67. The molecule has 0 fully saturated rings. The highest BCUT2D eigenvalue weighted by atomic mass is 19.1. The van der Waals surface area contributed by atoms with Gasteiger partial charge in [0, 0.05) is 12.6 Å². The number of nitrogens with one attached hydrogen (secondary N) is 1. The molecular formula is C18H19F2NO4. The standard InChI is InChI=1S/C18H19F2NO4/c19-14-8-13(9-15(20)10-14)17(23)16(22)6-7-21-18(24)25-11-12-4-2-1-3-5-12/h1-5,8-10,16-17,22-23H,6-7,11H2,(H,21,24). The predicted molar refractivity (Wildman–Crippen MR) is 86.6 cm³/mol. The zero-order valence-corrected chi connectivity index (χ0v) is 13.4. The third-order valence-electron chi connectivity index (χ3n) is 3.51. The van der Waals surface area contributed by atoms with Gasteiger partial charge in [-0.25, -0.2) is 13.6 Å². The van der Waals surface area contributed by atoms with Crippen molar-refractivity contribution >= 4 is 6.09 Å². The summed E-state index contributed by atoms with van der Waals surface area (Å²) in [7, 11) is 0. The van der Waals surface area contributed by atoms with Crippen LogP contribution in [0.15, 0.2) is 48.5 Å². The van der Waals surface area contributed by atoms with E-state index in [4.69, 9.17) is 4.74 Å². The Morgan fingerprint density at radius 1 is 1.08 bits per heavy atom. The lowest BCUT2D eigenvalue weighted by Gasteiger charge is -2.18. The van der Waals surface area contributed by atoms with Crippen molar-refractivity contribution in [1.82, 2.24) is 5.32 Å². The van der Waals surface area contributed by atoms with E-state index in [1.54, 1.807) is 0 Å². The number of aliphatic hydroxyl groups is 2. The fourth-order valence-corrected chi connectivity index (χ4v) is 2.22. The van der Waals surface area contributed by atoms with E-state index in [2.05, 4.69) is 5.32 Å². The number of carbonyl (C=O) groups excluding carboxylic acids is 1. The molecule has 0 saturated carbocycles. The molecule has 0 aliphatic heterocycles. The van der Waals surface area contributed by atoms with Gasteiger partial charge in [0.15, 0.2) is 0 Å². The van der Waals surface area contributed by atoms with Crippen LogP contribution < -0.4 is 5.32 Å². The quantitative estimate of drug-likeness (QED) is 0.717. The van der Waals surface area contributed by atoms with Crippen molar-refractivity contribution in [1.29, 1.82) is 0 Å². The predicted octanol–water partition coefficient (Wildman–Crippen LogP) is 2.68. The van der Waals surface area contributed by atoms with Crippen LogP contribution >= 0.6 is 0 Å². The van der Waals surface area contributed by atoms with Crippen molar-refractivity contribution in [3.05, 3.63) is 71.3 Å². The molecule has 2 atom stereocenters. The first-order chi connectivity index (χ1) is 12.0. The van der Waals surface area contributed by atoms with E-state index >= 15 is 0 Å². The molecule has 2 unspecified atom stereocenters. The summed E-state index contributed by atoms with van der Waals surface area (Å²) in [5.41, 5.74) is 0.762. The SMILES string of the molecule is O=C(NCCC(O)C(O)c1cc(F)cc(F)c1)OCc1ccccc1. The molecule has 2 aromatic carbocycles. The van der Waals surface area contributed by atoms with Crippen molar-refractivity contribution in [3.8, 4) is 0 Å². The van der Waals surface area contributed by atoms with E-state index in [1.807, 2.05) is 30.3 Å². The second kappa shape index (κ2) is 9.10. The molecule has 0 saturated heterocycles. The van der Waals surface area contributed by atoms with Crippen LogP contribution in [0.4, 0.5) is 13.6 Å². The summed E-state index contributed by atoms with van der Waals surface area (Å²) in [5.74, 6) is -1.69. The van der Waals surface area contributed by atoms with Gasteiger partial charge in [0.1, 0.15) is 24.3 Å². The first-order valence-electron chi connectivity index (χ1n) is 7.72. The van der Waals surface area contributed by atoms with Gasteiger partial charge >= 0.3 is 6.09 Å². The molecule has 0 heterocycles. The Kier molecular flexibility index (Phi) is 6.85. The van der Waals surface area contributed by atoms with E-state index in [-0.39, 0.29) is 25.1 Å². The maximum Gasteiger partial charge on any atom is 0.407 e. The van der Waals surface area contributed by atoms with Crippen LogP contribution in [0.1, 0.15) is 23.7 Å². The van der Waals surface area contributed by atoms with Crippen molar-refractivity contribution in [2.24, 2.45) is 0 Å². The van der Waals surface area contributed by atoms with E-state index in [9.17, 15) is 23.8 Å². The molecule has 25 heavy (non-hydrogen) atoms. The molecule has 1 amide bonds. The summed E-state index contributed by atoms with van der Waals surface area (Å²) >= 11 is 0. The lowest BCUT2D eigenvalue weighted by Crippen LogP contribution is -2.29. The number of alkyl carbamates (subject to hydrolysis) is 1. The summed E-state index contributed by atoms with van der Waals surface area (Å²) in [4.78, 5) is 11.6. The molecule has 0 bridgehead atoms. The van der Waals surface area contributed by atoms with Gasteiger partial charge in [-0.05, 0) is 29.7 Å². The van der Waals surface area contributed by atoms with Crippen LogP contribution in [-0.4, -0.2) is 29.0 Å². The molecule has 0 radical (unpaired) electrons. The lowest BCUT2D eigenvalue weighted by molar-refractivity contribution is 0.0133. The smallest absolute Gasteiger partial charge is 0.407 e. The van der Waals surface area contributed by atoms with Crippen molar-refractivity contribution in [3.63, 3.8) is 0 Å². The van der Waals surface area contributed by atoms with Crippen molar-refractivity contribution < 1.29 is 28.5 Å². The largest absolute Gasteiger partial charge is 0.445 e. The zero-order valence-electron chi connectivity index (χ0n) is 13.4. The maximum absolute atomic E-state index is 13.1. The van der Waals surface area contributed by atoms with Gasteiger partial charge in [0.05, 0.1) is 6.10 Å². The van der Waals surface area contributed by atoms with Gasteiger partial charge in [-0.3, -0.25) is 0 Å². The zero-order chi connectivity index (χ0) is 18.2. The summed E-state index contributed by atoms with van der Waals surface area (Å²) in [6.45, 7) is 0.143. The number of amides is 1. The Morgan fingerprint density at radius 3 is 2.36 bits per heavy atom. The molecule has 5 nitrogen and oxygen atoms in total. The minimum atomic E-state index is -1.47. The fraction of sp³-hybridized carbons (Fsp3) is 0.278. The first kappa shape index (κ1) is 18.8. The van der Waals surface area contributed by atoms with Gasteiger partial charge in [-0.1, -0.05) is 30.3 Å². The van der Waals surface area contributed by atoms with Crippen LogP contribution in [0.2, 0.25) is 0 Å². The highest BCUT2D eigenvalue weighted by Crippen LogP contribution is 2.20. The first-order valence-corrected chi connectivity index (χ1v) is 7.72. The Labute approximate surface area is 143 Å². The number of hydrogen-bond donors (Lipinski definition) is 3. The van der Waals surface area contributed by atoms with Crippen LogP contribution in [0.3, 0.4) is 0 Å². The molecule has 0 aromatic heterocycles. The van der Waals surface area contributed by atoms with Gasteiger partial charge in [-0.15, -0.1) is 0 Å². The highest BCUT2D eigenvalue weighted by Gasteiger charge is 2.20. The summed E-state index contributed by atoms with van der Waals surface area (Å²) < 4.78 is 31.2. The van der Waals surface area contributed by atoms with E-state index < -0.39 is 29.9 Å². The molecule has 0 spiro atoms. The Morgan fingerprint density at radius 2 is 1.72 bits per heavy atom. The Hall–Kier alpha value is -2.51. The van der Waals surface area contributed by atoms with Crippen molar-refractivity contribution in [2.75, 3.05) is 6.54 Å². The third kappa shape index (κ3) is 6.13. The van der Waals surface area contributed by atoms with Gasteiger partial charge < -0.3 is 20.3 Å². The van der Waals surface area contributed by atoms with E-state index in [1.165, 1.54) is 0 Å². The summed E-state index contributed by atoms with van der Waals surface area (Å²) in [6, 6.07) is 11.7. The number of halogens is 2. The molecule has 3 N–H and O–H groups in total. The monoisotopic (exact) mass is 351 g/mol. The number of aliphatic hydroxyl groups excluding tert-OH is 2. The average molecular weight is 351 g/mol. The molecule has 0 aliphatic rings. The number of carbonyl (C=O) groups is 1. The minimum absolute atomic E-state index is 0.0142. The average Bonchev–Trinajstić information content (AvgIpc) is 2.59. The number of benzene rings is 2. The normalized spacial score (nSPS) is 13.1. The number of ether oxygens (including phenoxy) is 1. The van der Waals surface area contributed by atoms with Gasteiger partial charge in [-0.2, -0.15) is 0 Å². The second-order valence-electron chi connectivity index (χ2n) is 5.49. The minimum Gasteiger partial charge on any atom is -0.445 e. The number of rotatable bonds is 7. The number of hydrogen-bond acceptors (Lipinski definition) is 4. The van der Waals surface area contributed by atoms with Crippen LogP contribution in [0.25, 0.3) is 0 Å². The van der Waals surface area contributed by atoms with Crippen LogP contribution in [0.5, 0.6) is 0 Å². The lowest BCUT2D eigenvalue weighted by atomic mass is 10.0. The molecular weight excluding hydrogens is 332 g/mol. The Balaban J connectivity index is 1.73. The molecule has 134 valence electrons. The van der Waals surface area contributed by atoms with Crippen LogP contribution in [0, 0.1) is 11.6 Å². The third-order valence-corrected chi connectivity index (χ3v) is 3.51. The molecule has 7 heteroatoms. The topological polar surface area (TPSA) is 78.8 Å². The van der Waals surface area contributed by atoms with Crippen LogP contribution in [-0.2, 0) is 11.3 Å². The molecule has 2 aromatic rings. The summed E-state index contributed by atoms with van der Waals surface area (Å²) in [5, 5.41) is 22.2. The molecule has 0 aliphatic carbocycles. The summed E-state index contributed by atoms with van der Waals surface area (Å²) in [6.07, 6.45) is -3.44. The van der Waals surface area contributed by atoms with Gasteiger partial charge in [0.25, 0.3) is 0 Å². The maximum atomic E-state index is 13.1. The Bertz CT molecular complexity index is 676. The molecule has 2 rings (SSSR count). The van der Waals surface area contributed by atoms with E-state index in [0.29, 0.717) is 6.07 Å². The fourth-order valence-electron chi connectivity index (χ4n) is 2.22. The second-order valence-corrected chi connectivity index (χ2v) is 5.49. The van der Waals surface area contributed by atoms with Gasteiger partial charge in [0.2, 0.25) is 0 Å². The van der Waals surface area contributed by atoms with Crippen molar-refractivity contribution in [2.45, 2.75) is 25.2 Å². The van der Waals surface area contributed by atoms with E-state index in [0.717, 1.165) is 17.7 Å².